The molecule has 1 aromatic carbocycles. The van der Waals surface area contributed by atoms with Gasteiger partial charge in [0.05, 0.1) is 5.01 Å². The highest BCUT2D eigenvalue weighted by Gasteiger charge is 2.32. The number of aromatic nitrogens is 1. The molecule has 0 radical (unpaired) electrons. The summed E-state index contributed by atoms with van der Waals surface area (Å²) in [7, 11) is 0. The van der Waals surface area contributed by atoms with Gasteiger partial charge in [-0.2, -0.15) is 0 Å². The number of anilines is 1. The quantitative estimate of drug-likeness (QED) is 0.886. The molecule has 23 heavy (non-hydrogen) atoms. The summed E-state index contributed by atoms with van der Waals surface area (Å²) >= 11 is 1.62. The second kappa shape index (κ2) is 6.91. The molecule has 0 aliphatic heterocycles. The van der Waals surface area contributed by atoms with E-state index in [-0.39, 0.29) is 11.8 Å². The molecule has 0 atom stereocenters. The highest BCUT2D eigenvalue weighted by atomic mass is 32.1. The molecule has 0 spiro atoms. The number of rotatable bonds is 6. The highest BCUT2D eigenvalue weighted by molar-refractivity contribution is 7.09. The third-order valence-corrected chi connectivity index (χ3v) is 4.59. The molecular formula is C17H19N3O2S. The number of benzene rings is 1. The van der Waals surface area contributed by atoms with Crippen molar-refractivity contribution in [2.24, 2.45) is 0 Å². The van der Waals surface area contributed by atoms with Gasteiger partial charge in [-0.25, -0.2) is 4.98 Å². The van der Waals surface area contributed by atoms with Crippen LogP contribution >= 0.6 is 11.3 Å². The first kappa shape index (κ1) is 15.7. The van der Waals surface area contributed by atoms with E-state index < -0.39 is 0 Å². The van der Waals surface area contributed by atoms with E-state index >= 15 is 0 Å². The largest absolute Gasteiger partial charge is 0.335 e. The lowest BCUT2D eigenvalue weighted by Crippen LogP contribution is -2.34. The highest BCUT2D eigenvalue weighted by Crippen LogP contribution is 2.29. The Morgan fingerprint density at radius 2 is 2.04 bits per heavy atom. The Morgan fingerprint density at radius 1 is 1.30 bits per heavy atom. The summed E-state index contributed by atoms with van der Waals surface area (Å²) < 4.78 is 0. The fraction of sp³-hybridized carbons (Fsp3) is 0.353. The molecule has 1 fully saturated rings. The van der Waals surface area contributed by atoms with E-state index in [1.54, 1.807) is 41.8 Å². The van der Waals surface area contributed by atoms with Gasteiger partial charge < -0.3 is 10.2 Å². The molecular weight excluding hydrogens is 310 g/mol. The molecule has 5 nitrogen and oxygen atoms in total. The normalized spacial score (nSPS) is 13.6. The van der Waals surface area contributed by atoms with Crippen molar-refractivity contribution in [2.45, 2.75) is 32.2 Å². The molecule has 1 aliphatic rings. The average Bonchev–Trinajstić information content (AvgIpc) is 3.23. The monoisotopic (exact) mass is 329 g/mol. The lowest BCUT2D eigenvalue weighted by atomic mass is 10.1. The van der Waals surface area contributed by atoms with E-state index in [1.807, 2.05) is 10.3 Å². The molecule has 1 saturated carbocycles. The molecule has 2 aromatic rings. The lowest BCUT2D eigenvalue weighted by Gasteiger charge is -2.22. The molecule has 0 bridgehead atoms. The predicted octanol–water partition coefficient (Wildman–Crippen LogP) is 2.95. The summed E-state index contributed by atoms with van der Waals surface area (Å²) in [5.41, 5.74) is 1.36. The summed E-state index contributed by atoms with van der Waals surface area (Å²) in [5.74, 6) is -0.0643. The van der Waals surface area contributed by atoms with Crippen molar-refractivity contribution in [2.75, 3.05) is 11.9 Å². The summed E-state index contributed by atoms with van der Waals surface area (Å²) in [4.78, 5) is 30.0. The van der Waals surface area contributed by atoms with Crippen molar-refractivity contribution in [3.05, 3.63) is 46.4 Å². The molecule has 120 valence electrons. The number of nitrogens with one attached hydrogen (secondary N) is 1. The number of nitrogens with zero attached hydrogens (tertiary/aromatic N) is 2. The van der Waals surface area contributed by atoms with Gasteiger partial charge in [-0.3, -0.25) is 9.59 Å². The van der Waals surface area contributed by atoms with Gasteiger partial charge >= 0.3 is 0 Å². The maximum atomic E-state index is 12.7. The van der Waals surface area contributed by atoms with Crippen LogP contribution in [0.1, 0.15) is 35.1 Å². The van der Waals surface area contributed by atoms with E-state index in [2.05, 4.69) is 10.3 Å². The molecule has 2 amide bonds. The minimum Gasteiger partial charge on any atom is -0.335 e. The Morgan fingerprint density at radius 3 is 2.61 bits per heavy atom. The standard InChI is InChI=1S/C17H19N3O2S/c1-12(21)19-14-4-2-13(3-5-14)17(22)20(15-6-7-15)10-8-16-18-9-11-23-16/h2-5,9,11,15H,6-8,10H2,1H3,(H,19,21). The van der Waals surface area contributed by atoms with Crippen molar-refractivity contribution < 1.29 is 9.59 Å². The number of amides is 2. The zero-order chi connectivity index (χ0) is 16.2. The van der Waals surface area contributed by atoms with Crippen LogP contribution in [0, 0.1) is 0 Å². The second-order valence-corrected chi connectivity index (χ2v) is 6.64. The van der Waals surface area contributed by atoms with Crippen molar-refractivity contribution >= 4 is 28.8 Å². The van der Waals surface area contributed by atoms with Gasteiger partial charge in [-0.15, -0.1) is 11.3 Å². The Bertz CT molecular complexity index is 678. The number of hydrogen-bond donors (Lipinski definition) is 1. The van der Waals surface area contributed by atoms with E-state index in [1.165, 1.54) is 6.92 Å². The molecule has 3 rings (SSSR count). The van der Waals surface area contributed by atoms with Crippen LogP contribution in [0.4, 0.5) is 5.69 Å². The van der Waals surface area contributed by atoms with Crippen molar-refractivity contribution in [3.63, 3.8) is 0 Å². The zero-order valence-corrected chi connectivity index (χ0v) is 13.8. The molecule has 0 saturated heterocycles. The van der Waals surface area contributed by atoms with Gasteiger partial charge in [0.15, 0.2) is 0 Å². The van der Waals surface area contributed by atoms with Crippen molar-refractivity contribution in [1.82, 2.24) is 9.88 Å². The summed E-state index contributed by atoms with van der Waals surface area (Å²) in [6.45, 7) is 2.16. The minimum absolute atomic E-state index is 0.0541. The number of hydrogen-bond acceptors (Lipinski definition) is 4. The Hall–Kier alpha value is -2.21. The Labute approximate surface area is 139 Å². The van der Waals surface area contributed by atoms with Gasteiger partial charge in [0.2, 0.25) is 5.91 Å². The first-order valence-electron chi connectivity index (χ1n) is 7.70. The molecule has 1 N–H and O–H groups in total. The molecule has 1 aromatic heterocycles. The topological polar surface area (TPSA) is 62.3 Å². The summed E-state index contributed by atoms with van der Waals surface area (Å²) in [6.07, 6.45) is 4.75. The fourth-order valence-corrected chi connectivity index (χ4v) is 3.10. The third-order valence-electron chi connectivity index (χ3n) is 3.75. The molecule has 6 heteroatoms. The van der Waals surface area contributed by atoms with Gasteiger partial charge in [0.25, 0.3) is 5.91 Å². The first-order chi connectivity index (χ1) is 11.1. The zero-order valence-electron chi connectivity index (χ0n) is 13.0. The van der Waals surface area contributed by atoms with Crippen LogP contribution in [0.15, 0.2) is 35.8 Å². The lowest BCUT2D eigenvalue weighted by molar-refractivity contribution is -0.114. The number of carbonyl (C=O) groups is 2. The van der Waals surface area contributed by atoms with E-state index in [4.69, 9.17) is 0 Å². The molecule has 1 heterocycles. The van der Waals surface area contributed by atoms with Crippen molar-refractivity contribution in [3.8, 4) is 0 Å². The fourth-order valence-electron chi connectivity index (χ4n) is 2.49. The van der Waals surface area contributed by atoms with Gasteiger partial charge in [0.1, 0.15) is 0 Å². The summed E-state index contributed by atoms with van der Waals surface area (Å²) in [6, 6.07) is 7.43. The third kappa shape index (κ3) is 4.16. The molecule has 1 aliphatic carbocycles. The maximum absolute atomic E-state index is 12.7. The first-order valence-corrected chi connectivity index (χ1v) is 8.58. The van der Waals surface area contributed by atoms with Crippen LogP contribution in [0.3, 0.4) is 0 Å². The van der Waals surface area contributed by atoms with Crippen LogP contribution in [0.25, 0.3) is 0 Å². The maximum Gasteiger partial charge on any atom is 0.254 e. The number of thiazole rings is 1. The predicted molar refractivity (Wildman–Crippen MR) is 90.6 cm³/mol. The van der Waals surface area contributed by atoms with Crippen LogP contribution in [0.5, 0.6) is 0 Å². The van der Waals surface area contributed by atoms with Crippen LogP contribution in [-0.4, -0.2) is 34.3 Å². The van der Waals surface area contributed by atoms with E-state index in [0.717, 1.165) is 24.3 Å². The minimum atomic E-state index is -0.118. The van der Waals surface area contributed by atoms with Gasteiger partial charge in [0, 0.05) is 48.8 Å². The van der Waals surface area contributed by atoms with E-state index in [9.17, 15) is 9.59 Å². The second-order valence-electron chi connectivity index (χ2n) is 5.66. The van der Waals surface area contributed by atoms with Gasteiger partial charge in [-0.05, 0) is 37.1 Å². The van der Waals surface area contributed by atoms with Crippen LogP contribution < -0.4 is 5.32 Å². The smallest absolute Gasteiger partial charge is 0.254 e. The summed E-state index contributed by atoms with van der Waals surface area (Å²) in [5, 5.41) is 5.73. The SMILES string of the molecule is CC(=O)Nc1ccc(C(=O)N(CCc2nccs2)C2CC2)cc1. The van der Waals surface area contributed by atoms with E-state index in [0.29, 0.717) is 23.8 Å². The van der Waals surface area contributed by atoms with Crippen LogP contribution in [-0.2, 0) is 11.2 Å². The average molecular weight is 329 g/mol. The number of carbonyl (C=O) groups excluding carboxylic acids is 2. The molecule has 0 unspecified atom stereocenters. The van der Waals surface area contributed by atoms with Gasteiger partial charge in [-0.1, -0.05) is 0 Å². The Balaban J connectivity index is 1.66. The van der Waals surface area contributed by atoms with Crippen LogP contribution in [0.2, 0.25) is 0 Å². The Kier molecular flexibility index (Phi) is 4.71. The van der Waals surface area contributed by atoms with Crippen molar-refractivity contribution in [1.29, 1.82) is 0 Å².